The lowest BCUT2D eigenvalue weighted by atomic mass is 9.88. The summed E-state index contributed by atoms with van der Waals surface area (Å²) in [6.07, 6.45) is 1.77. The fraction of sp³-hybridized carbons (Fsp3) is 0.214. The summed E-state index contributed by atoms with van der Waals surface area (Å²) in [6, 6.07) is 14.6. The number of phenols is 2. The molecule has 0 radical (unpaired) electrons. The molecule has 11 nitrogen and oxygen atoms in total. The molecule has 11 heteroatoms. The molecule has 1 atom stereocenters. The zero-order valence-corrected chi connectivity index (χ0v) is 21.3. The topological polar surface area (TPSA) is 151 Å². The zero-order chi connectivity index (χ0) is 27.8. The van der Waals surface area contributed by atoms with Gasteiger partial charge in [0.25, 0.3) is 5.56 Å². The maximum Gasteiger partial charge on any atom is 0.328 e. The predicted octanol–water partition coefficient (Wildman–Crippen LogP) is 1.88. The molecule has 1 amide bonds. The van der Waals surface area contributed by atoms with Crippen molar-refractivity contribution in [3.63, 3.8) is 0 Å². The van der Waals surface area contributed by atoms with Crippen LogP contribution in [0, 0.1) is 0 Å². The van der Waals surface area contributed by atoms with Crippen molar-refractivity contribution in [1.82, 2.24) is 23.8 Å². The average Bonchev–Trinajstić information content (AvgIpc) is 3.13. The van der Waals surface area contributed by atoms with Crippen molar-refractivity contribution in [2.45, 2.75) is 18.8 Å². The maximum atomic E-state index is 13.5. The number of carbonyl (C=O) groups excluding carboxylic acids is 1. The molecule has 0 spiro atoms. The minimum atomic E-state index is -0.862. The maximum absolute atomic E-state index is 13.5. The van der Waals surface area contributed by atoms with E-state index in [9.17, 15) is 29.7 Å². The van der Waals surface area contributed by atoms with Gasteiger partial charge in [0.05, 0.1) is 16.6 Å². The van der Waals surface area contributed by atoms with Crippen LogP contribution in [0.25, 0.3) is 16.7 Å². The second kappa shape index (κ2) is 10.0. The quantitative estimate of drug-likeness (QED) is 0.235. The Labute approximate surface area is 221 Å². The summed E-state index contributed by atoms with van der Waals surface area (Å²) in [5.74, 6) is -2.18. The molecule has 0 aliphatic heterocycles. The van der Waals surface area contributed by atoms with E-state index in [1.54, 1.807) is 62.8 Å². The molecule has 0 aliphatic carbocycles. The van der Waals surface area contributed by atoms with Crippen molar-refractivity contribution >= 4 is 22.6 Å². The fourth-order valence-corrected chi connectivity index (χ4v) is 4.85. The number of nitrogens with one attached hydrogen (secondary N) is 1. The number of aryl methyl sites for hydroxylation is 2. The van der Waals surface area contributed by atoms with Crippen molar-refractivity contribution in [2.24, 2.45) is 14.1 Å². The SMILES string of the molecule is Cn1c(=O)n(C)c2cc([C@H](CC(=O)NCCc3ccc(O)c(O)c3)c3c(O)nc4ccccn4c3=O)ccc21. The van der Waals surface area contributed by atoms with Crippen LogP contribution < -0.4 is 16.6 Å². The van der Waals surface area contributed by atoms with Crippen molar-refractivity contribution in [2.75, 3.05) is 6.54 Å². The highest BCUT2D eigenvalue weighted by atomic mass is 16.3. The smallest absolute Gasteiger partial charge is 0.328 e. The summed E-state index contributed by atoms with van der Waals surface area (Å²) >= 11 is 0. The van der Waals surface area contributed by atoms with Gasteiger partial charge in [-0.05, 0) is 53.9 Å². The van der Waals surface area contributed by atoms with E-state index >= 15 is 0 Å². The molecule has 0 bridgehead atoms. The van der Waals surface area contributed by atoms with Crippen LogP contribution in [0.2, 0.25) is 0 Å². The Morgan fingerprint density at radius 3 is 2.49 bits per heavy atom. The third-order valence-corrected chi connectivity index (χ3v) is 6.96. The van der Waals surface area contributed by atoms with Crippen LogP contribution in [0.5, 0.6) is 17.4 Å². The monoisotopic (exact) mass is 529 g/mol. The number of aromatic hydroxyl groups is 3. The van der Waals surface area contributed by atoms with Crippen LogP contribution in [0.3, 0.4) is 0 Å². The number of carbonyl (C=O) groups is 1. The van der Waals surface area contributed by atoms with Gasteiger partial charge in [-0.1, -0.05) is 18.2 Å². The predicted molar refractivity (Wildman–Crippen MR) is 144 cm³/mol. The van der Waals surface area contributed by atoms with Crippen molar-refractivity contribution < 1.29 is 20.1 Å². The number of hydrogen-bond donors (Lipinski definition) is 4. The Morgan fingerprint density at radius 1 is 0.949 bits per heavy atom. The van der Waals surface area contributed by atoms with Gasteiger partial charge in [0.1, 0.15) is 5.65 Å². The lowest BCUT2D eigenvalue weighted by Crippen LogP contribution is -2.30. The molecule has 3 aromatic heterocycles. The molecule has 0 aliphatic rings. The summed E-state index contributed by atoms with van der Waals surface area (Å²) in [5, 5.41) is 32.9. The number of phenolic OH excluding ortho intramolecular Hbond substituents is 2. The normalized spacial score (nSPS) is 12.2. The number of pyridine rings is 1. The number of fused-ring (bicyclic) bond motifs is 2. The number of benzene rings is 2. The Balaban J connectivity index is 1.51. The molecule has 4 N–H and O–H groups in total. The highest BCUT2D eigenvalue weighted by molar-refractivity contribution is 5.80. The molecule has 39 heavy (non-hydrogen) atoms. The second-order valence-electron chi connectivity index (χ2n) is 9.41. The highest BCUT2D eigenvalue weighted by Gasteiger charge is 2.27. The third-order valence-electron chi connectivity index (χ3n) is 6.96. The molecular formula is C28H27N5O6. The van der Waals surface area contributed by atoms with Crippen molar-refractivity contribution in [3.8, 4) is 17.4 Å². The van der Waals surface area contributed by atoms with Crippen LogP contribution in [-0.2, 0) is 25.3 Å². The zero-order valence-electron chi connectivity index (χ0n) is 21.3. The second-order valence-corrected chi connectivity index (χ2v) is 9.41. The molecule has 0 saturated carbocycles. The Bertz CT molecular complexity index is 1850. The van der Waals surface area contributed by atoms with Gasteiger partial charge in [0.2, 0.25) is 11.8 Å². The van der Waals surface area contributed by atoms with Crippen molar-refractivity contribution in [3.05, 3.63) is 98.3 Å². The molecule has 0 unspecified atom stereocenters. The van der Waals surface area contributed by atoms with Crippen LogP contribution in [-0.4, -0.2) is 46.3 Å². The lowest BCUT2D eigenvalue weighted by Gasteiger charge is -2.19. The van der Waals surface area contributed by atoms with E-state index in [0.717, 1.165) is 0 Å². The van der Waals surface area contributed by atoms with Crippen LogP contribution >= 0.6 is 0 Å². The Hall–Kier alpha value is -5.06. The molecule has 5 rings (SSSR count). The van der Waals surface area contributed by atoms with Gasteiger partial charge in [-0.25, -0.2) is 4.79 Å². The minimum absolute atomic E-state index is 0.0300. The Morgan fingerprint density at radius 2 is 1.72 bits per heavy atom. The first-order valence-corrected chi connectivity index (χ1v) is 12.3. The van der Waals surface area contributed by atoms with Crippen molar-refractivity contribution in [1.29, 1.82) is 0 Å². The average molecular weight is 530 g/mol. The van der Waals surface area contributed by atoms with Crippen LogP contribution in [0.4, 0.5) is 0 Å². The first kappa shape index (κ1) is 25.6. The summed E-state index contributed by atoms with van der Waals surface area (Å²) in [5.41, 5.74) is 2.10. The summed E-state index contributed by atoms with van der Waals surface area (Å²) < 4.78 is 4.30. The van der Waals surface area contributed by atoms with Gasteiger partial charge in [-0.2, -0.15) is 4.98 Å². The van der Waals surface area contributed by atoms with E-state index in [1.165, 1.54) is 25.7 Å². The van der Waals surface area contributed by atoms with Gasteiger partial charge < -0.3 is 20.6 Å². The molecule has 2 aromatic carbocycles. The van der Waals surface area contributed by atoms with Gasteiger partial charge >= 0.3 is 5.69 Å². The summed E-state index contributed by atoms with van der Waals surface area (Å²) in [7, 11) is 3.30. The summed E-state index contributed by atoms with van der Waals surface area (Å²) in [4.78, 5) is 43.3. The van der Waals surface area contributed by atoms with E-state index in [1.807, 2.05) is 0 Å². The van der Waals surface area contributed by atoms with Crippen LogP contribution in [0.1, 0.15) is 29.0 Å². The molecule has 5 aromatic rings. The van der Waals surface area contributed by atoms with E-state index in [4.69, 9.17) is 0 Å². The van der Waals surface area contributed by atoms with E-state index < -0.39 is 17.4 Å². The lowest BCUT2D eigenvalue weighted by molar-refractivity contribution is -0.121. The molecule has 3 heterocycles. The van der Waals surface area contributed by atoms with Crippen LogP contribution in [0.15, 0.2) is 70.4 Å². The fourth-order valence-electron chi connectivity index (χ4n) is 4.85. The first-order valence-electron chi connectivity index (χ1n) is 12.3. The van der Waals surface area contributed by atoms with E-state index in [2.05, 4.69) is 10.3 Å². The molecule has 0 saturated heterocycles. The number of imidazole rings is 1. The third kappa shape index (κ3) is 4.70. The number of nitrogens with zero attached hydrogens (tertiary/aromatic N) is 4. The van der Waals surface area contributed by atoms with E-state index in [-0.39, 0.29) is 47.3 Å². The van der Waals surface area contributed by atoms with Gasteiger partial charge in [-0.3, -0.25) is 23.1 Å². The molecule has 200 valence electrons. The molecule has 0 fully saturated rings. The number of aromatic nitrogens is 4. The van der Waals surface area contributed by atoms with Gasteiger partial charge in [0, 0.05) is 39.2 Å². The standard InChI is InChI=1S/C28H27N5O6/c1-31-19-8-7-17(14-20(19)32(2)28(31)39)18(25-26(37)30-23-5-3-4-12-33(23)27(25)38)15-24(36)29-11-10-16-6-9-21(34)22(35)13-16/h3-9,12-14,18,34-35,37H,10-11,15H2,1-2H3,(H,29,36)/t18-/m0/s1. The minimum Gasteiger partial charge on any atom is -0.504 e. The number of amides is 1. The van der Waals surface area contributed by atoms with Gasteiger partial charge in [-0.15, -0.1) is 0 Å². The van der Waals surface area contributed by atoms with E-state index in [0.29, 0.717) is 28.6 Å². The number of hydrogen-bond acceptors (Lipinski definition) is 7. The number of rotatable bonds is 7. The first-order chi connectivity index (χ1) is 18.7. The Kier molecular flexibility index (Phi) is 6.57. The summed E-state index contributed by atoms with van der Waals surface area (Å²) in [6.45, 7) is 0.239. The van der Waals surface area contributed by atoms with Gasteiger partial charge in [0.15, 0.2) is 11.5 Å². The molecular weight excluding hydrogens is 502 g/mol. The largest absolute Gasteiger partial charge is 0.504 e. The highest BCUT2D eigenvalue weighted by Crippen LogP contribution is 2.32.